The molecule has 0 fully saturated rings. The number of nitrogens with two attached hydrogens (primary N) is 1. The van der Waals surface area contributed by atoms with Crippen molar-refractivity contribution in [1.29, 1.82) is 0 Å². The number of nitro groups is 1. The van der Waals surface area contributed by atoms with Gasteiger partial charge in [0.2, 0.25) is 10.0 Å². The first kappa shape index (κ1) is 18.9. The Morgan fingerprint density at radius 3 is 2.62 bits per heavy atom. The highest BCUT2D eigenvalue weighted by molar-refractivity contribution is 7.99. The van der Waals surface area contributed by atoms with Gasteiger partial charge in [-0.1, -0.05) is 0 Å². The summed E-state index contributed by atoms with van der Waals surface area (Å²) in [6, 6.07) is 1.92. The number of benzene rings is 1. The van der Waals surface area contributed by atoms with Gasteiger partial charge in [-0.05, 0) is 12.5 Å². The standard InChI is InChI=1S/C11H15N3O7S3/c1-23(17,18)21-3-2-7-6-22-10-5-8(24(12,19)20)4-9(14(15)16)11(10)13-7/h4-5,7,13H,2-3,6H2,1H3,(H2,12,19,20). The first-order valence-corrected chi connectivity index (χ1v) is 10.9. The fourth-order valence-electron chi connectivity index (χ4n) is 2.08. The van der Waals surface area contributed by atoms with Crippen molar-refractivity contribution in [3.05, 3.63) is 22.2 Å². The summed E-state index contributed by atoms with van der Waals surface area (Å²) in [6.07, 6.45) is 1.25. The minimum absolute atomic E-state index is 0.0601. The predicted molar refractivity (Wildman–Crippen MR) is 88.0 cm³/mol. The Morgan fingerprint density at radius 2 is 2.08 bits per heavy atom. The maximum Gasteiger partial charge on any atom is 0.294 e. The zero-order valence-corrected chi connectivity index (χ0v) is 14.9. The highest BCUT2D eigenvalue weighted by Crippen LogP contribution is 2.41. The van der Waals surface area contributed by atoms with Crippen LogP contribution in [0.4, 0.5) is 11.4 Å². The summed E-state index contributed by atoms with van der Waals surface area (Å²) >= 11 is 1.22. The Hall–Kier alpha value is -1.41. The quantitative estimate of drug-likeness (QED) is 0.396. The van der Waals surface area contributed by atoms with E-state index in [0.29, 0.717) is 17.1 Å². The van der Waals surface area contributed by atoms with Crippen LogP contribution < -0.4 is 10.5 Å². The van der Waals surface area contributed by atoms with Crippen LogP contribution in [0.25, 0.3) is 0 Å². The Kier molecular flexibility index (Phi) is 5.39. The topological polar surface area (TPSA) is 159 Å². The molecule has 1 aromatic carbocycles. The Balaban J connectivity index is 2.26. The Morgan fingerprint density at radius 1 is 1.42 bits per heavy atom. The van der Waals surface area contributed by atoms with Crippen LogP contribution in [-0.2, 0) is 24.3 Å². The van der Waals surface area contributed by atoms with Crippen LogP contribution in [0.15, 0.2) is 21.9 Å². The molecule has 1 unspecified atom stereocenters. The second kappa shape index (κ2) is 6.84. The number of sulfonamides is 1. The monoisotopic (exact) mass is 397 g/mol. The number of nitrogens with one attached hydrogen (secondary N) is 1. The number of hydrogen-bond acceptors (Lipinski definition) is 9. The lowest BCUT2D eigenvalue weighted by atomic mass is 10.2. The molecule has 1 aliphatic rings. The molecule has 3 N–H and O–H groups in total. The van der Waals surface area contributed by atoms with Crippen LogP contribution in [-0.4, -0.2) is 46.4 Å². The fraction of sp³-hybridized carbons (Fsp3) is 0.455. The van der Waals surface area contributed by atoms with Crippen LogP contribution >= 0.6 is 11.8 Å². The summed E-state index contributed by atoms with van der Waals surface area (Å²) in [5, 5.41) is 19.2. The summed E-state index contributed by atoms with van der Waals surface area (Å²) in [5.74, 6) is 0.464. The largest absolute Gasteiger partial charge is 0.375 e. The average molecular weight is 397 g/mol. The molecular formula is C11H15N3O7S3. The maximum atomic E-state index is 11.4. The molecule has 0 aliphatic carbocycles. The van der Waals surface area contributed by atoms with Crippen molar-refractivity contribution in [2.75, 3.05) is 23.9 Å². The SMILES string of the molecule is CS(=O)(=O)OCCC1CSc2cc(S(N)(=O)=O)cc([N+](=O)[O-])c2N1. The molecule has 134 valence electrons. The smallest absolute Gasteiger partial charge is 0.294 e. The Labute approximate surface area is 143 Å². The van der Waals surface area contributed by atoms with Gasteiger partial charge in [0.05, 0.1) is 22.7 Å². The van der Waals surface area contributed by atoms with Gasteiger partial charge in [0.15, 0.2) is 0 Å². The highest BCUT2D eigenvalue weighted by atomic mass is 32.2. The van der Waals surface area contributed by atoms with E-state index in [1.165, 1.54) is 17.8 Å². The minimum Gasteiger partial charge on any atom is -0.375 e. The van der Waals surface area contributed by atoms with Crippen LogP contribution in [0.2, 0.25) is 0 Å². The molecule has 0 spiro atoms. The summed E-state index contributed by atoms with van der Waals surface area (Å²) in [5.41, 5.74) is -0.217. The summed E-state index contributed by atoms with van der Waals surface area (Å²) < 4.78 is 49.4. The van der Waals surface area contributed by atoms with Gasteiger partial charge in [0, 0.05) is 22.8 Å². The lowest BCUT2D eigenvalue weighted by Crippen LogP contribution is -2.28. The molecule has 1 aliphatic heterocycles. The van der Waals surface area contributed by atoms with Crippen molar-refractivity contribution in [1.82, 2.24) is 0 Å². The zero-order valence-electron chi connectivity index (χ0n) is 12.5. The average Bonchev–Trinajstić information content (AvgIpc) is 2.43. The number of rotatable bonds is 6. The molecular weight excluding hydrogens is 382 g/mol. The van der Waals surface area contributed by atoms with Crippen molar-refractivity contribution in [2.45, 2.75) is 22.3 Å². The van der Waals surface area contributed by atoms with E-state index in [4.69, 9.17) is 5.14 Å². The van der Waals surface area contributed by atoms with Gasteiger partial charge in [-0.2, -0.15) is 8.42 Å². The van der Waals surface area contributed by atoms with Crippen LogP contribution in [0.3, 0.4) is 0 Å². The highest BCUT2D eigenvalue weighted by Gasteiger charge is 2.29. The van der Waals surface area contributed by atoms with E-state index in [0.717, 1.165) is 12.3 Å². The number of primary sulfonamides is 1. The molecule has 2 rings (SSSR count). The lowest BCUT2D eigenvalue weighted by Gasteiger charge is -2.26. The molecule has 0 amide bonds. The number of fused-ring (bicyclic) bond motifs is 1. The van der Waals surface area contributed by atoms with E-state index in [1.54, 1.807) is 0 Å². The molecule has 0 saturated heterocycles. The van der Waals surface area contributed by atoms with E-state index >= 15 is 0 Å². The van der Waals surface area contributed by atoms with Gasteiger partial charge < -0.3 is 5.32 Å². The van der Waals surface area contributed by atoms with E-state index in [2.05, 4.69) is 9.50 Å². The number of anilines is 1. The minimum atomic E-state index is -4.07. The fourth-order valence-corrected chi connectivity index (χ4v) is 4.26. The third-order valence-corrected chi connectivity index (χ3v) is 5.82. The van der Waals surface area contributed by atoms with Crippen molar-refractivity contribution in [3.63, 3.8) is 0 Å². The molecule has 1 heterocycles. The van der Waals surface area contributed by atoms with Crippen LogP contribution in [0.5, 0.6) is 0 Å². The van der Waals surface area contributed by atoms with Crippen LogP contribution in [0, 0.1) is 10.1 Å². The molecule has 10 nitrogen and oxygen atoms in total. The third-order valence-electron chi connectivity index (χ3n) is 3.13. The predicted octanol–water partition coefficient (Wildman–Crippen LogP) is 0.495. The van der Waals surface area contributed by atoms with Crippen molar-refractivity contribution in [3.8, 4) is 0 Å². The second-order valence-electron chi connectivity index (χ2n) is 5.08. The van der Waals surface area contributed by atoms with Crippen molar-refractivity contribution >= 4 is 43.3 Å². The van der Waals surface area contributed by atoms with Gasteiger partial charge >= 0.3 is 0 Å². The molecule has 0 aromatic heterocycles. The second-order valence-corrected chi connectivity index (χ2v) is 9.35. The first-order chi connectivity index (χ1) is 11.0. The molecule has 0 saturated carbocycles. The van der Waals surface area contributed by atoms with E-state index in [1.807, 2.05) is 0 Å². The molecule has 1 atom stereocenters. The van der Waals surface area contributed by atoms with Crippen molar-refractivity contribution in [2.24, 2.45) is 5.14 Å². The molecule has 0 radical (unpaired) electrons. The van der Waals surface area contributed by atoms with E-state index in [9.17, 15) is 26.9 Å². The summed E-state index contributed by atoms with van der Waals surface area (Å²) in [6.45, 7) is -0.0601. The van der Waals surface area contributed by atoms with Gasteiger partial charge in [-0.3, -0.25) is 14.3 Å². The van der Waals surface area contributed by atoms with E-state index < -0.39 is 30.8 Å². The third kappa shape index (κ3) is 4.80. The number of nitro benzene ring substituents is 1. The van der Waals surface area contributed by atoms with Gasteiger partial charge in [0.25, 0.3) is 15.8 Å². The molecule has 0 bridgehead atoms. The Bertz CT molecular complexity index is 867. The molecule has 24 heavy (non-hydrogen) atoms. The van der Waals surface area contributed by atoms with Crippen molar-refractivity contribution < 1.29 is 25.9 Å². The zero-order chi connectivity index (χ0) is 18.1. The van der Waals surface area contributed by atoms with Crippen LogP contribution in [0.1, 0.15) is 6.42 Å². The number of thioether (sulfide) groups is 1. The number of hydrogen-bond donors (Lipinski definition) is 2. The van der Waals surface area contributed by atoms with E-state index in [-0.39, 0.29) is 23.2 Å². The summed E-state index contributed by atoms with van der Waals surface area (Å²) in [4.78, 5) is 10.6. The number of nitrogens with zero attached hydrogens (tertiary/aromatic N) is 1. The maximum absolute atomic E-state index is 11.4. The summed E-state index contributed by atoms with van der Waals surface area (Å²) in [7, 11) is -7.62. The normalized spacial score (nSPS) is 17.8. The first-order valence-electron chi connectivity index (χ1n) is 6.56. The lowest BCUT2D eigenvalue weighted by molar-refractivity contribution is -0.384. The molecule has 13 heteroatoms. The van der Waals surface area contributed by atoms with Gasteiger partial charge in [-0.15, -0.1) is 11.8 Å². The van der Waals surface area contributed by atoms with Gasteiger partial charge in [-0.25, -0.2) is 13.6 Å². The molecule has 1 aromatic rings. The van der Waals surface area contributed by atoms with Gasteiger partial charge in [0.1, 0.15) is 5.69 Å².